The van der Waals surface area contributed by atoms with Gasteiger partial charge in [0.1, 0.15) is 0 Å². The number of hydrogen-bond acceptors (Lipinski definition) is 2. The highest BCUT2D eigenvalue weighted by Crippen LogP contribution is 2.28. The van der Waals surface area contributed by atoms with E-state index in [1.807, 2.05) is 0 Å². The van der Waals surface area contributed by atoms with E-state index in [4.69, 9.17) is 5.73 Å². The SMILES string of the molecule is Cn1cc(NC2CCCC2N)c2ccccc21. The normalized spacial score (nSPS) is 24.4. The fraction of sp³-hybridized carbons (Fsp3) is 0.429. The first-order chi connectivity index (χ1) is 8.25. The van der Waals surface area contributed by atoms with E-state index >= 15 is 0 Å². The second-order valence-electron chi connectivity index (χ2n) is 5.02. The van der Waals surface area contributed by atoms with Crippen LogP contribution >= 0.6 is 0 Å². The first-order valence-electron chi connectivity index (χ1n) is 6.32. The Labute approximate surface area is 102 Å². The maximum atomic E-state index is 6.11. The van der Waals surface area contributed by atoms with Gasteiger partial charge in [-0.3, -0.25) is 0 Å². The molecule has 0 spiro atoms. The summed E-state index contributed by atoms with van der Waals surface area (Å²) in [7, 11) is 2.09. The molecule has 1 saturated carbocycles. The molecule has 0 saturated heterocycles. The lowest BCUT2D eigenvalue weighted by molar-refractivity contribution is 0.638. The number of para-hydroxylation sites is 1. The average Bonchev–Trinajstić information content (AvgIpc) is 2.87. The maximum absolute atomic E-state index is 6.11. The lowest BCUT2D eigenvalue weighted by Gasteiger charge is -2.17. The Morgan fingerprint density at radius 1 is 1.29 bits per heavy atom. The van der Waals surface area contributed by atoms with Gasteiger partial charge in [-0.1, -0.05) is 18.2 Å². The van der Waals surface area contributed by atoms with Gasteiger partial charge in [-0.05, 0) is 25.3 Å². The van der Waals surface area contributed by atoms with Crippen molar-refractivity contribution in [3.8, 4) is 0 Å². The van der Waals surface area contributed by atoms with E-state index in [1.54, 1.807) is 0 Å². The highest BCUT2D eigenvalue weighted by molar-refractivity contribution is 5.93. The Morgan fingerprint density at radius 3 is 2.88 bits per heavy atom. The van der Waals surface area contributed by atoms with Gasteiger partial charge in [0.25, 0.3) is 0 Å². The van der Waals surface area contributed by atoms with Crippen LogP contribution in [0.25, 0.3) is 10.9 Å². The summed E-state index contributed by atoms with van der Waals surface area (Å²) in [5.74, 6) is 0. The number of nitrogens with one attached hydrogen (secondary N) is 1. The number of hydrogen-bond donors (Lipinski definition) is 2. The van der Waals surface area contributed by atoms with Gasteiger partial charge in [-0.2, -0.15) is 0 Å². The first kappa shape index (κ1) is 10.7. The van der Waals surface area contributed by atoms with Crippen molar-refractivity contribution < 1.29 is 0 Å². The number of aromatic nitrogens is 1. The largest absolute Gasteiger partial charge is 0.379 e. The molecule has 0 amide bonds. The van der Waals surface area contributed by atoms with Crippen molar-refractivity contribution in [2.45, 2.75) is 31.3 Å². The second-order valence-corrected chi connectivity index (χ2v) is 5.02. The van der Waals surface area contributed by atoms with Crippen LogP contribution in [0.5, 0.6) is 0 Å². The third-order valence-corrected chi connectivity index (χ3v) is 3.81. The van der Waals surface area contributed by atoms with Gasteiger partial charge in [0.2, 0.25) is 0 Å². The van der Waals surface area contributed by atoms with Gasteiger partial charge in [-0.25, -0.2) is 0 Å². The molecule has 17 heavy (non-hydrogen) atoms. The molecule has 0 radical (unpaired) electrons. The molecular formula is C14H19N3. The first-order valence-corrected chi connectivity index (χ1v) is 6.32. The summed E-state index contributed by atoms with van der Waals surface area (Å²) in [5, 5.41) is 4.89. The van der Waals surface area contributed by atoms with Crippen LogP contribution in [0.15, 0.2) is 30.5 Å². The van der Waals surface area contributed by atoms with Gasteiger partial charge in [0.15, 0.2) is 0 Å². The van der Waals surface area contributed by atoms with E-state index in [0.29, 0.717) is 12.1 Å². The molecule has 1 aliphatic rings. The van der Waals surface area contributed by atoms with Crippen molar-refractivity contribution in [1.29, 1.82) is 0 Å². The number of anilines is 1. The molecule has 1 heterocycles. The number of nitrogens with zero attached hydrogens (tertiary/aromatic N) is 1. The average molecular weight is 229 g/mol. The molecule has 1 aliphatic carbocycles. The Hall–Kier alpha value is -1.48. The van der Waals surface area contributed by atoms with E-state index < -0.39 is 0 Å². The van der Waals surface area contributed by atoms with Crippen molar-refractivity contribution in [2.75, 3.05) is 5.32 Å². The standard InChI is InChI=1S/C14H19N3/c1-17-9-13(10-5-2-3-8-14(10)17)16-12-7-4-6-11(12)15/h2-3,5,8-9,11-12,16H,4,6-7,15H2,1H3. The minimum absolute atomic E-state index is 0.300. The summed E-state index contributed by atoms with van der Waals surface area (Å²) < 4.78 is 2.16. The van der Waals surface area contributed by atoms with Crippen LogP contribution in [-0.4, -0.2) is 16.7 Å². The van der Waals surface area contributed by atoms with Crippen LogP contribution in [0.2, 0.25) is 0 Å². The van der Waals surface area contributed by atoms with Crippen molar-refractivity contribution in [3.63, 3.8) is 0 Å². The van der Waals surface area contributed by atoms with Crippen LogP contribution in [0.1, 0.15) is 19.3 Å². The molecule has 3 heteroatoms. The van der Waals surface area contributed by atoms with Crippen molar-refractivity contribution in [2.24, 2.45) is 12.8 Å². The van der Waals surface area contributed by atoms with Crippen molar-refractivity contribution in [1.82, 2.24) is 4.57 Å². The molecule has 0 aliphatic heterocycles. The van der Waals surface area contributed by atoms with Crippen LogP contribution in [0.3, 0.4) is 0 Å². The minimum Gasteiger partial charge on any atom is -0.379 e. The summed E-state index contributed by atoms with van der Waals surface area (Å²) in [6.07, 6.45) is 5.73. The Bertz CT molecular complexity index is 529. The Kier molecular flexibility index (Phi) is 2.56. The predicted octanol–water partition coefficient (Wildman–Crippen LogP) is 2.47. The molecule has 3 rings (SSSR count). The topological polar surface area (TPSA) is 43.0 Å². The van der Waals surface area contributed by atoms with E-state index in [-0.39, 0.29) is 0 Å². The number of nitrogens with two attached hydrogens (primary N) is 1. The highest BCUT2D eigenvalue weighted by Gasteiger charge is 2.24. The lowest BCUT2D eigenvalue weighted by atomic mass is 10.1. The molecule has 3 nitrogen and oxygen atoms in total. The summed E-state index contributed by atoms with van der Waals surface area (Å²) in [6.45, 7) is 0. The second kappa shape index (κ2) is 4.08. The number of benzene rings is 1. The number of aryl methyl sites for hydroxylation is 1. The zero-order valence-electron chi connectivity index (χ0n) is 10.2. The number of rotatable bonds is 2. The van der Waals surface area contributed by atoms with Crippen molar-refractivity contribution >= 4 is 16.6 Å². The predicted molar refractivity (Wildman–Crippen MR) is 72.2 cm³/mol. The van der Waals surface area contributed by atoms with Gasteiger partial charge < -0.3 is 15.6 Å². The molecule has 3 N–H and O–H groups in total. The zero-order chi connectivity index (χ0) is 11.8. The fourth-order valence-corrected chi connectivity index (χ4v) is 2.82. The van der Waals surface area contributed by atoms with Gasteiger partial charge in [0, 0.05) is 36.2 Å². The molecule has 90 valence electrons. The Morgan fingerprint density at radius 2 is 2.12 bits per heavy atom. The van der Waals surface area contributed by atoms with Crippen LogP contribution in [-0.2, 0) is 7.05 Å². The monoisotopic (exact) mass is 229 g/mol. The highest BCUT2D eigenvalue weighted by atomic mass is 15.0. The molecule has 2 unspecified atom stereocenters. The van der Waals surface area contributed by atoms with E-state index in [9.17, 15) is 0 Å². The fourth-order valence-electron chi connectivity index (χ4n) is 2.82. The van der Waals surface area contributed by atoms with Crippen LogP contribution in [0, 0.1) is 0 Å². The molecule has 1 fully saturated rings. The Balaban J connectivity index is 1.95. The molecule has 0 bridgehead atoms. The summed E-state index contributed by atoms with van der Waals surface area (Å²) in [6, 6.07) is 9.21. The van der Waals surface area contributed by atoms with E-state index in [2.05, 4.69) is 47.4 Å². The third kappa shape index (κ3) is 1.80. The summed E-state index contributed by atoms with van der Waals surface area (Å²) in [4.78, 5) is 0. The van der Waals surface area contributed by atoms with Gasteiger partial charge in [0.05, 0.1) is 5.69 Å². The van der Waals surface area contributed by atoms with Crippen LogP contribution < -0.4 is 11.1 Å². The quantitative estimate of drug-likeness (QED) is 0.830. The molecule has 1 aromatic heterocycles. The third-order valence-electron chi connectivity index (χ3n) is 3.81. The van der Waals surface area contributed by atoms with Crippen molar-refractivity contribution in [3.05, 3.63) is 30.5 Å². The van der Waals surface area contributed by atoms with Gasteiger partial charge in [-0.15, -0.1) is 0 Å². The zero-order valence-corrected chi connectivity index (χ0v) is 10.2. The summed E-state index contributed by atoms with van der Waals surface area (Å²) >= 11 is 0. The lowest BCUT2D eigenvalue weighted by Crippen LogP contribution is -2.35. The number of fused-ring (bicyclic) bond motifs is 1. The molecule has 2 atom stereocenters. The molecule has 2 aromatic rings. The van der Waals surface area contributed by atoms with Crippen LogP contribution in [0.4, 0.5) is 5.69 Å². The van der Waals surface area contributed by atoms with E-state index in [0.717, 1.165) is 6.42 Å². The minimum atomic E-state index is 0.300. The maximum Gasteiger partial charge on any atom is 0.0602 e. The summed E-state index contributed by atoms with van der Waals surface area (Å²) in [5.41, 5.74) is 8.59. The van der Waals surface area contributed by atoms with E-state index in [1.165, 1.54) is 29.4 Å². The molecular weight excluding hydrogens is 210 g/mol. The van der Waals surface area contributed by atoms with Gasteiger partial charge >= 0.3 is 0 Å². The molecule has 1 aromatic carbocycles. The smallest absolute Gasteiger partial charge is 0.0602 e.